The lowest BCUT2D eigenvalue weighted by molar-refractivity contribution is -0.148. The van der Waals surface area contributed by atoms with E-state index in [9.17, 15) is 22.8 Å². The Morgan fingerprint density at radius 2 is 1.70 bits per heavy atom. The maximum absolute atomic E-state index is 12.1. The summed E-state index contributed by atoms with van der Waals surface area (Å²) in [6.45, 7) is 3.49. The molecule has 9 heteroatoms. The van der Waals surface area contributed by atoms with Gasteiger partial charge in [-0.1, -0.05) is 0 Å². The van der Waals surface area contributed by atoms with Crippen LogP contribution in [0.3, 0.4) is 0 Å². The van der Waals surface area contributed by atoms with Crippen molar-refractivity contribution in [1.82, 2.24) is 4.72 Å². The molecule has 0 saturated heterocycles. The zero-order valence-electron chi connectivity index (χ0n) is 13.0. The minimum Gasteiger partial charge on any atom is -0.457 e. The average Bonchev–Trinajstić information content (AvgIpc) is 2.44. The molecule has 1 rings (SSSR count). The summed E-state index contributed by atoms with van der Waals surface area (Å²) in [4.78, 5) is 33.2. The Bertz CT molecular complexity index is 696. The second-order valence-electron chi connectivity index (χ2n) is 4.86. The van der Waals surface area contributed by atoms with Gasteiger partial charge in [0.15, 0.2) is 5.78 Å². The fourth-order valence-electron chi connectivity index (χ4n) is 1.57. The molecule has 0 aliphatic heterocycles. The van der Waals surface area contributed by atoms with Crippen LogP contribution < -0.4 is 10.0 Å². The van der Waals surface area contributed by atoms with Crippen molar-refractivity contribution in [2.24, 2.45) is 0 Å². The topological polar surface area (TPSA) is 119 Å². The molecule has 0 saturated carbocycles. The van der Waals surface area contributed by atoms with E-state index >= 15 is 0 Å². The Morgan fingerprint density at radius 3 is 2.17 bits per heavy atom. The number of hydrogen-bond acceptors (Lipinski definition) is 6. The molecule has 1 aromatic carbocycles. The highest BCUT2D eigenvalue weighted by atomic mass is 32.2. The summed E-state index contributed by atoms with van der Waals surface area (Å²) in [5.41, 5.74) is 0.449. The van der Waals surface area contributed by atoms with Crippen LogP contribution in [0, 0.1) is 0 Å². The molecule has 0 bridgehead atoms. The van der Waals surface area contributed by atoms with E-state index in [-0.39, 0.29) is 16.6 Å². The Balaban J connectivity index is 2.76. The van der Waals surface area contributed by atoms with Crippen LogP contribution in [-0.4, -0.2) is 38.7 Å². The summed E-state index contributed by atoms with van der Waals surface area (Å²) in [7, 11) is -3.94. The smallest absolute Gasteiger partial charge is 0.324 e. The van der Waals surface area contributed by atoms with Gasteiger partial charge < -0.3 is 10.1 Å². The number of esters is 1. The number of rotatable bonds is 7. The fraction of sp³-hybridized carbons (Fsp3) is 0.357. The number of nitrogens with one attached hydrogen (secondary N) is 2. The molecule has 23 heavy (non-hydrogen) atoms. The molecule has 126 valence electrons. The molecule has 0 aliphatic carbocycles. The van der Waals surface area contributed by atoms with Crippen LogP contribution in [0.2, 0.25) is 0 Å². The fourth-order valence-corrected chi connectivity index (χ4v) is 2.76. The largest absolute Gasteiger partial charge is 0.457 e. The van der Waals surface area contributed by atoms with Gasteiger partial charge in [0.1, 0.15) is 12.6 Å². The first-order valence-corrected chi connectivity index (χ1v) is 8.16. The molecule has 2 N–H and O–H groups in total. The van der Waals surface area contributed by atoms with Gasteiger partial charge in [-0.15, -0.1) is 0 Å². The molecule has 0 radical (unpaired) electrons. The molecular formula is C14H18N2O6S. The van der Waals surface area contributed by atoms with Gasteiger partial charge in [0.25, 0.3) is 0 Å². The molecule has 0 aromatic heterocycles. The second-order valence-corrected chi connectivity index (χ2v) is 6.57. The van der Waals surface area contributed by atoms with Crippen LogP contribution in [0.1, 0.15) is 20.8 Å². The first kappa shape index (κ1) is 18.8. The van der Waals surface area contributed by atoms with Crippen molar-refractivity contribution >= 4 is 33.4 Å². The summed E-state index contributed by atoms with van der Waals surface area (Å²) >= 11 is 0. The third-order valence-corrected chi connectivity index (χ3v) is 4.14. The normalized spacial score (nSPS) is 12.3. The van der Waals surface area contributed by atoms with Gasteiger partial charge >= 0.3 is 5.97 Å². The molecule has 1 amide bonds. The minimum absolute atomic E-state index is 0.0715. The van der Waals surface area contributed by atoms with Crippen LogP contribution in [0.5, 0.6) is 0 Å². The number of anilines is 1. The summed E-state index contributed by atoms with van der Waals surface area (Å²) in [6.07, 6.45) is 0. The lowest BCUT2D eigenvalue weighted by Crippen LogP contribution is -2.39. The summed E-state index contributed by atoms with van der Waals surface area (Å²) < 4.78 is 31.1. The molecule has 1 atom stereocenters. The van der Waals surface area contributed by atoms with Gasteiger partial charge in [-0.3, -0.25) is 14.4 Å². The minimum atomic E-state index is -3.94. The summed E-state index contributed by atoms with van der Waals surface area (Å²) in [6, 6.07) is 4.29. The van der Waals surface area contributed by atoms with Crippen molar-refractivity contribution < 1.29 is 27.5 Å². The van der Waals surface area contributed by atoms with Crippen molar-refractivity contribution in [1.29, 1.82) is 0 Å². The van der Waals surface area contributed by atoms with Gasteiger partial charge in [0.2, 0.25) is 15.9 Å². The first-order chi connectivity index (χ1) is 10.6. The standard InChI is InChI=1S/C14H18N2O6S/c1-9(17)8-22-14(19)10(2)16-23(20,21)13-6-4-12(5-7-13)15-11(3)18/h4-7,10,16H,8H2,1-3H3,(H,15,18)/t10-/m0/s1. The number of sulfonamides is 1. The van der Waals surface area contributed by atoms with E-state index in [1.807, 2.05) is 0 Å². The lowest BCUT2D eigenvalue weighted by Gasteiger charge is -2.13. The number of ketones is 1. The predicted molar refractivity (Wildman–Crippen MR) is 82.2 cm³/mol. The average molecular weight is 342 g/mol. The van der Waals surface area contributed by atoms with Gasteiger partial charge in [-0.25, -0.2) is 8.42 Å². The van der Waals surface area contributed by atoms with Gasteiger partial charge in [0.05, 0.1) is 4.90 Å². The van der Waals surface area contributed by atoms with Gasteiger partial charge in [0, 0.05) is 12.6 Å². The molecular weight excluding hydrogens is 324 g/mol. The number of hydrogen-bond donors (Lipinski definition) is 2. The zero-order chi connectivity index (χ0) is 17.6. The Hall–Kier alpha value is -2.26. The van der Waals surface area contributed by atoms with Crippen LogP contribution in [0.4, 0.5) is 5.69 Å². The van der Waals surface area contributed by atoms with E-state index in [1.165, 1.54) is 45.0 Å². The number of ether oxygens (including phenoxy) is 1. The predicted octanol–water partition coefficient (Wildman–Crippen LogP) is 0.444. The number of carbonyl (C=O) groups excluding carboxylic acids is 3. The van der Waals surface area contributed by atoms with E-state index in [0.717, 1.165) is 0 Å². The zero-order valence-corrected chi connectivity index (χ0v) is 13.8. The third-order valence-electron chi connectivity index (χ3n) is 2.59. The maximum atomic E-state index is 12.1. The number of Topliss-reactive ketones (excluding diaryl/α,β-unsaturated/α-hetero) is 1. The van der Waals surface area contributed by atoms with Crippen molar-refractivity contribution in [3.05, 3.63) is 24.3 Å². The quantitative estimate of drug-likeness (QED) is 0.694. The van der Waals surface area contributed by atoms with Crippen LogP contribution in [0.25, 0.3) is 0 Å². The van der Waals surface area contributed by atoms with E-state index in [1.54, 1.807) is 0 Å². The van der Waals surface area contributed by atoms with Gasteiger partial charge in [-0.2, -0.15) is 4.72 Å². The van der Waals surface area contributed by atoms with Gasteiger partial charge in [-0.05, 0) is 38.1 Å². The van der Waals surface area contributed by atoms with Crippen LogP contribution >= 0.6 is 0 Å². The molecule has 1 aromatic rings. The monoisotopic (exact) mass is 342 g/mol. The highest BCUT2D eigenvalue weighted by Gasteiger charge is 2.23. The van der Waals surface area contributed by atoms with Crippen molar-refractivity contribution in [2.45, 2.75) is 31.7 Å². The molecule has 8 nitrogen and oxygen atoms in total. The van der Waals surface area contributed by atoms with Crippen molar-refractivity contribution in [3.63, 3.8) is 0 Å². The number of carbonyl (C=O) groups is 3. The van der Waals surface area contributed by atoms with Crippen molar-refractivity contribution in [2.75, 3.05) is 11.9 Å². The van der Waals surface area contributed by atoms with E-state index < -0.39 is 28.6 Å². The molecule has 0 spiro atoms. The Morgan fingerprint density at radius 1 is 1.13 bits per heavy atom. The molecule has 0 aliphatic rings. The van der Waals surface area contributed by atoms with Crippen molar-refractivity contribution in [3.8, 4) is 0 Å². The highest BCUT2D eigenvalue weighted by Crippen LogP contribution is 2.14. The Kier molecular flexibility index (Phi) is 6.40. The molecule has 0 unspecified atom stereocenters. The summed E-state index contributed by atoms with van der Waals surface area (Å²) in [5, 5.41) is 2.51. The van der Waals surface area contributed by atoms with E-state index in [2.05, 4.69) is 14.8 Å². The van der Waals surface area contributed by atoms with Crippen LogP contribution in [-0.2, 0) is 29.1 Å². The number of amides is 1. The summed E-state index contributed by atoms with van der Waals surface area (Å²) in [5.74, 6) is -1.47. The van der Waals surface area contributed by atoms with E-state index in [4.69, 9.17) is 0 Å². The SMILES string of the molecule is CC(=O)COC(=O)[C@H](C)NS(=O)(=O)c1ccc(NC(C)=O)cc1. The number of benzene rings is 1. The lowest BCUT2D eigenvalue weighted by atomic mass is 10.3. The third kappa shape index (κ3) is 6.17. The first-order valence-electron chi connectivity index (χ1n) is 6.68. The Labute approximate surface area is 134 Å². The van der Waals surface area contributed by atoms with Crippen LogP contribution in [0.15, 0.2) is 29.2 Å². The highest BCUT2D eigenvalue weighted by molar-refractivity contribution is 7.89. The molecule has 0 fully saturated rings. The molecule has 0 heterocycles. The maximum Gasteiger partial charge on any atom is 0.324 e. The van der Waals surface area contributed by atoms with E-state index in [0.29, 0.717) is 5.69 Å². The second kappa shape index (κ2) is 7.84.